The summed E-state index contributed by atoms with van der Waals surface area (Å²) in [7, 11) is 0. The summed E-state index contributed by atoms with van der Waals surface area (Å²) in [6.07, 6.45) is 1.08. The molecular formula is C26H32N4O4S. The predicted molar refractivity (Wildman–Crippen MR) is 137 cm³/mol. The molecule has 1 amide bonds. The number of hydrogen-bond donors (Lipinski definition) is 1. The number of carbonyl (C=O) groups is 2. The zero-order valence-corrected chi connectivity index (χ0v) is 21.1. The number of hydrogen-bond acceptors (Lipinski definition) is 7. The van der Waals surface area contributed by atoms with Crippen LogP contribution in [0.3, 0.4) is 0 Å². The molecule has 0 saturated carbocycles. The number of carbonyl (C=O) groups excluding carboxylic acids is 2. The van der Waals surface area contributed by atoms with Crippen molar-refractivity contribution in [3.8, 4) is 11.3 Å². The number of amides is 1. The van der Waals surface area contributed by atoms with E-state index in [1.54, 1.807) is 12.3 Å². The van der Waals surface area contributed by atoms with E-state index in [4.69, 9.17) is 9.47 Å². The highest BCUT2D eigenvalue weighted by molar-refractivity contribution is 7.14. The number of anilines is 1. The van der Waals surface area contributed by atoms with Gasteiger partial charge in [-0.25, -0.2) is 4.98 Å². The van der Waals surface area contributed by atoms with Gasteiger partial charge in [0.05, 0.1) is 37.5 Å². The summed E-state index contributed by atoms with van der Waals surface area (Å²) in [5, 5.41) is 5.14. The molecule has 3 aromatic rings. The molecule has 4 rings (SSSR count). The quantitative estimate of drug-likeness (QED) is 0.427. The van der Waals surface area contributed by atoms with E-state index in [-0.39, 0.29) is 18.3 Å². The fourth-order valence-electron chi connectivity index (χ4n) is 4.26. The molecule has 1 aliphatic heterocycles. The maximum atomic E-state index is 13.2. The number of benzene rings is 1. The Balaban J connectivity index is 1.49. The van der Waals surface area contributed by atoms with Crippen LogP contribution in [0, 0.1) is 6.92 Å². The van der Waals surface area contributed by atoms with Crippen LogP contribution in [-0.4, -0.2) is 65.8 Å². The van der Waals surface area contributed by atoms with Gasteiger partial charge in [-0.05, 0) is 31.9 Å². The summed E-state index contributed by atoms with van der Waals surface area (Å²) in [4.78, 5) is 31.7. The molecule has 3 heterocycles. The van der Waals surface area contributed by atoms with Crippen LogP contribution in [0.15, 0.2) is 41.8 Å². The first-order chi connectivity index (χ1) is 17.0. The first kappa shape index (κ1) is 25.1. The molecule has 1 saturated heterocycles. The molecule has 1 N–H and O–H groups in total. The van der Waals surface area contributed by atoms with Crippen molar-refractivity contribution in [3.63, 3.8) is 0 Å². The molecule has 186 valence electrons. The minimum Gasteiger partial charge on any atom is -0.466 e. The Morgan fingerprint density at radius 1 is 1.17 bits per heavy atom. The van der Waals surface area contributed by atoms with Crippen molar-refractivity contribution in [2.45, 2.75) is 33.2 Å². The number of esters is 1. The highest BCUT2D eigenvalue weighted by Gasteiger charge is 2.20. The first-order valence-electron chi connectivity index (χ1n) is 12.0. The molecule has 9 heteroatoms. The van der Waals surface area contributed by atoms with Crippen molar-refractivity contribution in [1.29, 1.82) is 0 Å². The second-order valence-corrected chi connectivity index (χ2v) is 9.29. The van der Waals surface area contributed by atoms with Crippen molar-refractivity contribution in [1.82, 2.24) is 14.5 Å². The summed E-state index contributed by atoms with van der Waals surface area (Å²) < 4.78 is 12.7. The fraction of sp³-hybridized carbons (Fsp3) is 0.423. The fourth-order valence-corrected chi connectivity index (χ4v) is 4.96. The Kier molecular flexibility index (Phi) is 8.68. The van der Waals surface area contributed by atoms with E-state index in [9.17, 15) is 9.59 Å². The van der Waals surface area contributed by atoms with Crippen LogP contribution in [0.5, 0.6) is 0 Å². The van der Waals surface area contributed by atoms with Gasteiger partial charge in [0, 0.05) is 42.9 Å². The molecule has 35 heavy (non-hydrogen) atoms. The van der Waals surface area contributed by atoms with E-state index in [0.29, 0.717) is 23.0 Å². The molecule has 0 spiro atoms. The average Bonchev–Trinajstić information content (AvgIpc) is 3.44. The van der Waals surface area contributed by atoms with Crippen molar-refractivity contribution >= 4 is 28.3 Å². The summed E-state index contributed by atoms with van der Waals surface area (Å²) in [5.74, 6) is -0.531. The van der Waals surface area contributed by atoms with E-state index < -0.39 is 0 Å². The van der Waals surface area contributed by atoms with E-state index in [2.05, 4.69) is 31.9 Å². The van der Waals surface area contributed by atoms with Gasteiger partial charge in [-0.1, -0.05) is 30.3 Å². The lowest BCUT2D eigenvalue weighted by Gasteiger charge is -2.26. The normalized spacial score (nSPS) is 14.1. The van der Waals surface area contributed by atoms with Gasteiger partial charge in [-0.3, -0.25) is 19.8 Å². The Morgan fingerprint density at radius 3 is 2.69 bits per heavy atom. The zero-order chi connectivity index (χ0) is 24.6. The minimum absolute atomic E-state index is 0.0942. The zero-order valence-electron chi connectivity index (χ0n) is 20.3. The van der Waals surface area contributed by atoms with Gasteiger partial charge in [0.25, 0.3) is 5.91 Å². The number of nitrogens with one attached hydrogen (secondary N) is 1. The highest BCUT2D eigenvalue weighted by Crippen LogP contribution is 2.27. The molecule has 0 atom stereocenters. The van der Waals surface area contributed by atoms with Crippen LogP contribution in [0.25, 0.3) is 11.3 Å². The number of aromatic nitrogens is 2. The van der Waals surface area contributed by atoms with Crippen molar-refractivity contribution in [2.24, 2.45) is 0 Å². The van der Waals surface area contributed by atoms with Crippen LogP contribution >= 0.6 is 11.3 Å². The van der Waals surface area contributed by atoms with E-state index in [1.807, 2.05) is 31.2 Å². The van der Waals surface area contributed by atoms with Crippen molar-refractivity contribution in [3.05, 3.63) is 58.7 Å². The van der Waals surface area contributed by atoms with Gasteiger partial charge in [-0.2, -0.15) is 0 Å². The van der Waals surface area contributed by atoms with Gasteiger partial charge in [0.15, 0.2) is 5.13 Å². The first-order valence-corrected chi connectivity index (χ1v) is 12.9. The summed E-state index contributed by atoms with van der Waals surface area (Å²) in [6, 6.07) is 12.1. The number of morpholine rings is 1. The molecule has 1 aliphatic rings. The third-order valence-electron chi connectivity index (χ3n) is 6.04. The smallest absolute Gasteiger partial charge is 0.311 e. The average molecular weight is 497 g/mol. The lowest BCUT2D eigenvalue weighted by atomic mass is 10.1. The lowest BCUT2D eigenvalue weighted by Crippen LogP contribution is -2.37. The Morgan fingerprint density at radius 2 is 1.94 bits per heavy atom. The van der Waals surface area contributed by atoms with Gasteiger partial charge in [0.2, 0.25) is 0 Å². The Labute approximate surface area is 209 Å². The predicted octanol–water partition coefficient (Wildman–Crippen LogP) is 4.00. The molecule has 1 fully saturated rings. The summed E-state index contributed by atoms with van der Waals surface area (Å²) in [6.45, 7) is 9.43. The highest BCUT2D eigenvalue weighted by atomic mass is 32.1. The third-order valence-corrected chi connectivity index (χ3v) is 6.85. The second kappa shape index (κ2) is 12.1. The Bertz CT molecular complexity index is 1140. The SMILES string of the molecule is CCOC(=O)Cc1csc(NC(=O)c2cc(-c3ccccc3)n(CCCN3CCOCC3)c2C)n1. The number of thiazole rings is 1. The molecule has 8 nitrogen and oxygen atoms in total. The van der Waals surface area contributed by atoms with Crippen LogP contribution in [0.2, 0.25) is 0 Å². The molecular weight excluding hydrogens is 464 g/mol. The van der Waals surface area contributed by atoms with Gasteiger partial charge in [-0.15, -0.1) is 11.3 Å². The maximum absolute atomic E-state index is 13.2. The lowest BCUT2D eigenvalue weighted by molar-refractivity contribution is -0.142. The van der Waals surface area contributed by atoms with Crippen LogP contribution in [0.1, 0.15) is 35.1 Å². The van der Waals surface area contributed by atoms with Crippen molar-refractivity contribution in [2.75, 3.05) is 44.8 Å². The van der Waals surface area contributed by atoms with E-state index in [1.165, 1.54) is 11.3 Å². The molecule has 0 radical (unpaired) electrons. The van der Waals surface area contributed by atoms with E-state index >= 15 is 0 Å². The van der Waals surface area contributed by atoms with Crippen molar-refractivity contribution < 1.29 is 19.1 Å². The van der Waals surface area contributed by atoms with Gasteiger partial charge >= 0.3 is 5.97 Å². The number of rotatable bonds is 10. The summed E-state index contributed by atoms with van der Waals surface area (Å²) in [5.41, 5.74) is 4.24. The second-order valence-electron chi connectivity index (χ2n) is 8.43. The maximum Gasteiger partial charge on any atom is 0.311 e. The number of ether oxygens (including phenoxy) is 2. The monoisotopic (exact) mass is 496 g/mol. The minimum atomic E-state index is -0.326. The molecule has 2 aromatic heterocycles. The molecule has 0 unspecified atom stereocenters. The number of nitrogens with zero attached hydrogens (tertiary/aromatic N) is 3. The van der Waals surface area contributed by atoms with Crippen LogP contribution in [-0.2, 0) is 27.2 Å². The largest absolute Gasteiger partial charge is 0.466 e. The molecule has 0 bridgehead atoms. The topological polar surface area (TPSA) is 85.7 Å². The standard InChI is InChI=1S/C26H32N4O4S/c1-3-34-24(31)16-21-18-35-26(27-21)28-25(32)22-17-23(20-8-5-4-6-9-20)30(19(22)2)11-7-10-29-12-14-33-15-13-29/h4-6,8-9,17-18H,3,7,10-16H2,1-2H3,(H,27,28,32). The van der Waals surface area contributed by atoms with Gasteiger partial charge < -0.3 is 14.0 Å². The molecule has 1 aromatic carbocycles. The van der Waals surface area contributed by atoms with Crippen LogP contribution < -0.4 is 5.32 Å². The third kappa shape index (κ3) is 6.56. The van der Waals surface area contributed by atoms with Crippen LogP contribution in [0.4, 0.5) is 5.13 Å². The van der Waals surface area contributed by atoms with Gasteiger partial charge in [0.1, 0.15) is 0 Å². The van der Waals surface area contributed by atoms with E-state index in [0.717, 1.165) is 62.8 Å². The molecule has 0 aliphatic carbocycles. The Hall–Kier alpha value is -3.01. The summed E-state index contributed by atoms with van der Waals surface area (Å²) >= 11 is 1.30.